The summed E-state index contributed by atoms with van der Waals surface area (Å²) >= 11 is 29.1. The van der Waals surface area contributed by atoms with E-state index in [1.165, 1.54) is 40.9 Å². The third-order valence-electron chi connectivity index (χ3n) is 25.3. The molecule has 2 amide bonds. The van der Waals surface area contributed by atoms with Crippen LogP contribution in [0.3, 0.4) is 0 Å². The number of hydrogen-bond acceptors (Lipinski definition) is 23. The van der Waals surface area contributed by atoms with Crippen LogP contribution in [0.15, 0.2) is 114 Å². The molecule has 17 heterocycles. The minimum absolute atomic E-state index is 0.0228. The van der Waals surface area contributed by atoms with Crippen LogP contribution < -0.4 is 29.6 Å². The number of aryl methyl sites for hydroxylation is 2. The fraction of sp³-hybridized carbons (Fsp3) is 0.387. The van der Waals surface area contributed by atoms with Gasteiger partial charge in [-0.2, -0.15) is 10.2 Å². The number of ether oxygens (including phenoxy) is 4. The Balaban J connectivity index is 0.000000108. The Bertz CT molecular complexity index is 6360. The summed E-state index contributed by atoms with van der Waals surface area (Å²) in [5.41, 5.74) is 23.0. The lowest BCUT2D eigenvalue weighted by atomic mass is 9.87. The maximum Gasteiger partial charge on any atom is 0.264 e. The summed E-state index contributed by atoms with van der Waals surface area (Å²) in [5, 5.41) is 58.2. The highest BCUT2D eigenvalue weighted by Crippen LogP contribution is 2.53. The summed E-state index contributed by atoms with van der Waals surface area (Å²) < 4.78 is 37.4. The first-order chi connectivity index (χ1) is 60.1. The van der Waals surface area contributed by atoms with Crippen LogP contribution in [0, 0.1) is 5.41 Å². The molecule has 31 heteroatoms. The molecule has 6 atom stereocenters. The van der Waals surface area contributed by atoms with E-state index in [4.69, 9.17) is 80.0 Å². The molecule has 6 N–H and O–H groups in total. The van der Waals surface area contributed by atoms with Crippen LogP contribution in [-0.2, 0) is 101 Å². The van der Waals surface area contributed by atoms with Crippen LogP contribution in [0.5, 0.6) is 23.0 Å². The minimum atomic E-state index is -0.519. The Morgan fingerprint density at radius 3 is 1.80 bits per heavy atom. The van der Waals surface area contributed by atoms with E-state index in [1.54, 1.807) is 23.6 Å². The van der Waals surface area contributed by atoms with Gasteiger partial charge in [-0.15, -0.1) is 22.7 Å². The molecule has 124 heavy (non-hydrogen) atoms. The highest BCUT2D eigenvalue weighted by atomic mass is 35.5. The highest BCUT2D eigenvalue weighted by molar-refractivity contribution is 7.20. The Labute approximate surface area is 744 Å². The number of furan rings is 1. The Morgan fingerprint density at radius 2 is 1.15 bits per heavy atom. The van der Waals surface area contributed by atoms with E-state index in [1.807, 2.05) is 146 Å². The molecule has 6 unspecified atom stereocenters. The number of aliphatic hydroxyl groups is 4. The molecule has 0 saturated carbocycles. The second-order valence-electron chi connectivity index (χ2n) is 34.0. The van der Waals surface area contributed by atoms with Crippen molar-refractivity contribution in [2.24, 2.45) is 19.5 Å². The average Bonchev–Trinajstić information content (AvgIpc) is 1.60. The Kier molecular flexibility index (Phi) is 23.4. The first-order valence-corrected chi connectivity index (χ1v) is 45.4. The summed E-state index contributed by atoms with van der Waals surface area (Å²) in [7, 11) is 8.06. The van der Waals surface area contributed by atoms with Gasteiger partial charge < -0.3 is 69.1 Å². The molecule has 22 rings (SSSR count). The van der Waals surface area contributed by atoms with Crippen LogP contribution >= 0.6 is 69.1 Å². The maximum atomic E-state index is 13.0. The zero-order chi connectivity index (χ0) is 85.7. The molecule has 0 bridgehead atoms. The summed E-state index contributed by atoms with van der Waals surface area (Å²) in [5.74, 6) is 3.64. The molecule has 0 radical (unpaired) electrons. The molecular weight excluding hydrogens is 1700 g/mol. The number of aliphatic hydroxyl groups excluding tert-OH is 4. The monoisotopic (exact) mass is 1790 g/mol. The molecule has 13 aromatic rings. The second kappa shape index (κ2) is 34.6. The molecule has 0 spiro atoms. The molecule has 9 aliphatic rings. The minimum Gasteiger partial charge on any atom is -0.483 e. The summed E-state index contributed by atoms with van der Waals surface area (Å²) in [6, 6.07) is 27.3. The van der Waals surface area contributed by atoms with E-state index in [0.29, 0.717) is 80.1 Å². The Morgan fingerprint density at radius 1 is 0.581 bits per heavy atom. The number of thiophene rings is 2. The summed E-state index contributed by atoms with van der Waals surface area (Å²) in [4.78, 5) is 56.0. The Hall–Kier alpha value is -9.69. The highest BCUT2D eigenvalue weighted by Gasteiger charge is 2.43. The number of pyridine rings is 3. The first-order valence-electron chi connectivity index (χ1n) is 42.3. The van der Waals surface area contributed by atoms with Gasteiger partial charge in [-0.25, -0.2) is 9.97 Å². The predicted octanol–water partition coefficient (Wildman–Crippen LogP) is 15.2. The van der Waals surface area contributed by atoms with E-state index < -0.39 is 18.3 Å². The number of aromatic nitrogens is 9. The number of rotatable bonds is 14. The largest absolute Gasteiger partial charge is 0.483 e. The smallest absolute Gasteiger partial charge is 0.264 e. The number of fused-ring (bicyclic) bond motifs is 10. The fourth-order valence-electron chi connectivity index (χ4n) is 18.9. The molecule has 8 aliphatic heterocycles. The number of amides is 2. The molecule has 9 aromatic heterocycles. The zero-order valence-corrected chi connectivity index (χ0v) is 74.1. The molecule has 25 nitrogen and oxygen atoms in total. The van der Waals surface area contributed by atoms with Crippen LogP contribution in [0.25, 0.3) is 76.2 Å². The van der Waals surface area contributed by atoms with Gasteiger partial charge in [-0.3, -0.25) is 33.9 Å². The number of halogens is 4. The standard InChI is InChI=1S/C25H25ClN4O2S.C24H27ClN2O3.C22H20ClN5O3.C22H22ClN3O3S/c1-3-20(31)22-11-18-25(33-22)15(4-7-28-18)16-10-14(26)8-13-9-21(32-24(13)16)23-17-12-27-6-5-19(17)30(2)29-23;1-24(14-28)12-19-17(5-6-26-20(19)13-24)18-11-16(25)9-15-10-21(30-22(15)18)23(29)27-7-3-2-4-8-27;1-28-20(15-8-24-3-2-16(15)27-28)18-5-11-4-12(23)6-14(21(11)31-18)19-22-17(25-10-26-19)7-13(9-29)30-22;1-25(2)14-9-26(10-14)22(28)19-6-12-5-13(23)7-17(20(12)29-19)16-3-4-24-18-8-15(11-27)30-21(16)18/h4,7-8,10-11,20-21,27,31H,3,5-6,9,12H2,1-2H3;5-6,9,11,21,28H,2-4,7-8,10,12-14H2,1H3;4,6-7,10,18,24,29H,2-3,5,8-9H2,1H3;3-5,7-8,14,19,27H,6,9-11H2,1-2H3. The number of carbonyl (C=O) groups is 2. The topological polar surface area (TPSA) is 299 Å². The van der Waals surface area contributed by atoms with Crippen molar-refractivity contribution in [3.8, 4) is 67.6 Å². The molecule has 1 aliphatic carbocycles. The van der Waals surface area contributed by atoms with Crippen molar-refractivity contribution in [1.82, 2.24) is 69.8 Å². The van der Waals surface area contributed by atoms with Crippen LogP contribution in [0.4, 0.5) is 0 Å². The SMILES string of the molecule is CC1(CO)Cc2nccc(-c3cc(Cl)cc4c3OC(C(=O)N3CCCCC3)C4)c2C1.CCC(O)c1cc2nccc(-c3cc(Cl)cc4c3OC(c3nn(C)c5c3CNCC5)C4)c2s1.CN(C)C1CN(C(=O)C2Cc3cc(Cl)cc(-c4ccnc5cc(CO)sc45)c3O2)C1.Cn1nc2c(c1C1Cc3cc(Cl)cc(-c4ncnc5cc(CO)oc45)c3O1)CNCC2. The number of benzene rings is 4. The third-order valence-corrected chi connectivity index (χ3v) is 28.6. The van der Waals surface area contributed by atoms with Crippen molar-refractivity contribution in [3.05, 3.63) is 213 Å². The molecular formula is C93H94Cl4N14O11S2. The van der Waals surface area contributed by atoms with E-state index in [0.717, 1.165) is 234 Å². The molecule has 642 valence electrons. The van der Waals surface area contributed by atoms with Gasteiger partial charge in [-0.1, -0.05) is 60.3 Å². The van der Waals surface area contributed by atoms with Crippen molar-refractivity contribution in [2.75, 3.05) is 60.0 Å². The van der Waals surface area contributed by atoms with E-state index >= 15 is 0 Å². The quantitative estimate of drug-likeness (QED) is 0.0589. The van der Waals surface area contributed by atoms with Gasteiger partial charge in [0.1, 0.15) is 70.8 Å². The summed E-state index contributed by atoms with van der Waals surface area (Å²) in [6.45, 7) is 10.6. The van der Waals surface area contributed by atoms with Gasteiger partial charge in [-0.05, 0) is 143 Å². The molecule has 2 fully saturated rings. The number of nitrogens with zero attached hydrogens (tertiary/aromatic N) is 12. The lowest BCUT2D eigenvalue weighted by Gasteiger charge is -2.43. The van der Waals surface area contributed by atoms with Crippen molar-refractivity contribution < 1.29 is 53.4 Å². The first kappa shape index (κ1) is 83.8. The number of carbonyl (C=O) groups excluding carboxylic acids is 2. The zero-order valence-electron chi connectivity index (χ0n) is 69.5. The van der Waals surface area contributed by atoms with Crippen LogP contribution in [0.1, 0.15) is 141 Å². The van der Waals surface area contributed by atoms with Crippen molar-refractivity contribution >= 4 is 112 Å². The second-order valence-corrected chi connectivity index (χ2v) is 37.9. The van der Waals surface area contributed by atoms with Gasteiger partial charge in [0.15, 0.2) is 17.8 Å². The predicted molar refractivity (Wildman–Crippen MR) is 479 cm³/mol. The normalized spacial score (nSPS) is 19.8. The number of hydrogen-bond donors (Lipinski definition) is 6. The third kappa shape index (κ3) is 16.0. The van der Waals surface area contributed by atoms with Gasteiger partial charge in [0.2, 0.25) is 0 Å². The van der Waals surface area contributed by atoms with Crippen molar-refractivity contribution in [3.63, 3.8) is 0 Å². The number of likely N-dealkylation sites (N-methyl/N-ethyl adjacent to an activating group) is 1. The van der Waals surface area contributed by atoms with Crippen LogP contribution in [0.2, 0.25) is 20.1 Å². The van der Waals surface area contributed by atoms with E-state index in [9.17, 15) is 30.0 Å². The maximum absolute atomic E-state index is 13.0. The van der Waals surface area contributed by atoms with E-state index in [-0.39, 0.29) is 49.3 Å². The van der Waals surface area contributed by atoms with Gasteiger partial charge in [0.25, 0.3) is 11.8 Å². The van der Waals surface area contributed by atoms with Gasteiger partial charge in [0, 0.05) is 256 Å². The van der Waals surface area contributed by atoms with Crippen LogP contribution in [-0.4, -0.2) is 170 Å². The number of likely N-dealkylation sites (tertiary alicyclic amines) is 2. The van der Waals surface area contributed by atoms with Crippen molar-refractivity contribution in [2.45, 2.75) is 154 Å². The average molecular weight is 1790 g/mol. The lowest BCUT2D eigenvalue weighted by Crippen LogP contribution is -2.61. The molecule has 4 aromatic carbocycles. The van der Waals surface area contributed by atoms with Crippen molar-refractivity contribution in [1.29, 1.82) is 0 Å². The van der Waals surface area contributed by atoms with Gasteiger partial charge in [0.05, 0.1) is 44.5 Å². The number of nitrogens with one attached hydrogen (secondary N) is 2. The fourth-order valence-corrected chi connectivity index (χ4v) is 22.1. The molecule has 2 saturated heterocycles. The lowest BCUT2D eigenvalue weighted by molar-refractivity contribution is -0.144. The van der Waals surface area contributed by atoms with Gasteiger partial charge >= 0.3 is 0 Å². The van der Waals surface area contributed by atoms with E-state index in [2.05, 4.69) is 47.4 Å². The summed E-state index contributed by atoms with van der Waals surface area (Å²) in [6.07, 6.45) is 15.0. The number of piperidine rings is 1.